The van der Waals surface area contributed by atoms with E-state index in [2.05, 4.69) is 73.3 Å². The zero-order chi connectivity index (χ0) is 19.9. The van der Waals surface area contributed by atoms with Gasteiger partial charge in [-0.3, -0.25) is 4.68 Å². The standard InChI is InChI=1S/C23H31N5/c1-16-17(14-25-27(16)5)13-24-21-7-6-8-22-20(21)15-26-28(22)19-11-9-18(10-12-19)23(2,3)4/h9-12,14-15,21,24H,6-8,13H2,1-5H3/t21-/m0/s1. The van der Waals surface area contributed by atoms with E-state index >= 15 is 0 Å². The number of fused-ring (bicyclic) bond motifs is 1. The van der Waals surface area contributed by atoms with Crippen molar-refractivity contribution in [2.24, 2.45) is 7.05 Å². The Balaban J connectivity index is 1.55. The number of nitrogens with one attached hydrogen (secondary N) is 1. The molecule has 1 aromatic carbocycles. The van der Waals surface area contributed by atoms with E-state index in [1.807, 2.05) is 17.9 Å². The highest BCUT2D eigenvalue weighted by Crippen LogP contribution is 2.32. The van der Waals surface area contributed by atoms with Crippen molar-refractivity contribution >= 4 is 0 Å². The molecule has 3 aromatic rings. The summed E-state index contributed by atoms with van der Waals surface area (Å²) in [4.78, 5) is 0. The molecule has 2 aromatic heterocycles. The lowest BCUT2D eigenvalue weighted by atomic mass is 9.87. The van der Waals surface area contributed by atoms with Crippen molar-refractivity contribution in [2.75, 3.05) is 0 Å². The van der Waals surface area contributed by atoms with Gasteiger partial charge in [-0.15, -0.1) is 0 Å². The molecule has 1 aliphatic carbocycles. The molecule has 4 rings (SSSR count). The molecule has 1 N–H and O–H groups in total. The van der Waals surface area contributed by atoms with E-state index in [0.717, 1.165) is 25.1 Å². The largest absolute Gasteiger partial charge is 0.306 e. The first-order valence-corrected chi connectivity index (χ1v) is 10.2. The van der Waals surface area contributed by atoms with Gasteiger partial charge in [-0.25, -0.2) is 4.68 Å². The molecule has 0 amide bonds. The Kier molecular flexibility index (Phi) is 4.88. The van der Waals surface area contributed by atoms with E-state index in [4.69, 9.17) is 5.10 Å². The third-order valence-electron chi connectivity index (χ3n) is 6.04. The number of benzene rings is 1. The maximum absolute atomic E-state index is 4.75. The van der Waals surface area contributed by atoms with Gasteiger partial charge in [0.2, 0.25) is 0 Å². The van der Waals surface area contributed by atoms with Crippen molar-refractivity contribution in [3.8, 4) is 5.69 Å². The molecule has 148 valence electrons. The van der Waals surface area contributed by atoms with Crippen LogP contribution in [0.4, 0.5) is 0 Å². The quantitative estimate of drug-likeness (QED) is 0.734. The van der Waals surface area contributed by atoms with E-state index in [1.54, 1.807) is 0 Å². The summed E-state index contributed by atoms with van der Waals surface area (Å²) in [6.07, 6.45) is 7.44. The van der Waals surface area contributed by atoms with Crippen LogP contribution in [0.2, 0.25) is 0 Å². The fourth-order valence-corrected chi connectivity index (χ4v) is 4.04. The van der Waals surface area contributed by atoms with E-state index in [-0.39, 0.29) is 5.41 Å². The summed E-state index contributed by atoms with van der Waals surface area (Å²) in [6.45, 7) is 9.71. The van der Waals surface area contributed by atoms with Gasteiger partial charge in [-0.1, -0.05) is 32.9 Å². The van der Waals surface area contributed by atoms with Gasteiger partial charge in [0.15, 0.2) is 0 Å². The second kappa shape index (κ2) is 7.21. The number of nitrogens with zero attached hydrogens (tertiary/aromatic N) is 4. The van der Waals surface area contributed by atoms with Crippen molar-refractivity contribution in [2.45, 2.75) is 65.0 Å². The Hall–Kier alpha value is -2.40. The van der Waals surface area contributed by atoms with Gasteiger partial charge >= 0.3 is 0 Å². The van der Waals surface area contributed by atoms with Crippen molar-refractivity contribution in [3.05, 3.63) is 64.7 Å². The van der Waals surface area contributed by atoms with Gasteiger partial charge in [0.05, 0.1) is 18.1 Å². The molecule has 0 bridgehead atoms. The Morgan fingerprint density at radius 3 is 2.50 bits per heavy atom. The second-order valence-electron chi connectivity index (χ2n) is 8.96. The third kappa shape index (κ3) is 3.51. The summed E-state index contributed by atoms with van der Waals surface area (Å²) in [5.41, 5.74) is 7.84. The third-order valence-corrected chi connectivity index (χ3v) is 6.04. The molecular formula is C23H31N5. The first-order chi connectivity index (χ1) is 13.3. The van der Waals surface area contributed by atoms with Gasteiger partial charge in [0.25, 0.3) is 0 Å². The Bertz CT molecular complexity index is 956. The van der Waals surface area contributed by atoms with Crippen LogP contribution in [0.15, 0.2) is 36.7 Å². The molecule has 0 fully saturated rings. The van der Waals surface area contributed by atoms with Crippen LogP contribution in [0.5, 0.6) is 0 Å². The lowest BCUT2D eigenvalue weighted by Crippen LogP contribution is -2.25. The van der Waals surface area contributed by atoms with Crippen molar-refractivity contribution in [1.82, 2.24) is 24.9 Å². The molecule has 0 saturated heterocycles. The average Bonchev–Trinajstić information content (AvgIpc) is 3.24. The second-order valence-corrected chi connectivity index (χ2v) is 8.96. The molecule has 28 heavy (non-hydrogen) atoms. The highest BCUT2D eigenvalue weighted by Gasteiger charge is 2.25. The number of hydrogen-bond acceptors (Lipinski definition) is 3. The lowest BCUT2D eigenvalue weighted by Gasteiger charge is -2.24. The van der Waals surface area contributed by atoms with Crippen LogP contribution in [-0.2, 0) is 25.4 Å². The first kappa shape index (κ1) is 18.9. The summed E-state index contributed by atoms with van der Waals surface area (Å²) >= 11 is 0. The minimum atomic E-state index is 0.168. The molecule has 1 aliphatic rings. The number of aryl methyl sites for hydroxylation is 1. The molecule has 0 aliphatic heterocycles. The van der Waals surface area contributed by atoms with Gasteiger partial charge < -0.3 is 5.32 Å². The van der Waals surface area contributed by atoms with Gasteiger partial charge in [-0.2, -0.15) is 10.2 Å². The summed E-state index contributed by atoms with van der Waals surface area (Å²) < 4.78 is 4.06. The van der Waals surface area contributed by atoms with Gasteiger partial charge in [0.1, 0.15) is 0 Å². The smallest absolute Gasteiger partial charge is 0.0649 e. The monoisotopic (exact) mass is 377 g/mol. The molecule has 5 heteroatoms. The lowest BCUT2D eigenvalue weighted by molar-refractivity contribution is 0.454. The normalized spacial score (nSPS) is 17.0. The SMILES string of the molecule is Cc1c(CN[C@H]2CCCc3c2cnn3-c2ccc(C(C)(C)C)cc2)cnn1C. The van der Waals surface area contributed by atoms with Crippen molar-refractivity contribution < 1.29 is 0 Å². The summed E-state index contributed by atoms with van der Waals surface area (Å²) in [6, 6.07) is 9.21. The number of hydrogen-bond donors (Lipinski definition) is 1. The Morgan fingerprint density at radius 2 is 1.86 bits per heavy atom. The van der Waals surface area contributed by atoms with Crippen LogP contribution in [0, 0.1) is 6.92 Å². The molecule has 1 atom stereocenters. The van der Waals surface area contributed by atoms with Crippen LogP contribution in [0.1, 0.15) is 67.7 Å². The van der Waals surface area contributed by atoms with E-state index in [9.17, 15) is 0 Å². The summed E-state index contributed by atoms with van der Waals surface area (Å²) in [5.74, 6) is 0. The Labute approximate surface area is 167 Å². The number of aromatic nitrogens is 4. The van der Waals surface area contributed by atoms with Crippen LogP contribution in [0.3, 0.4) is 0 Å². The van der Waals surface area contributed by atoms with Crippen LogP contribution in [0.25, 0.3) is 5.69 Å². The molecular weight excluding hydrogens is 346 g/mol. The van der Waals surface area contributed by atoms with Crippen molar-refractivity contribution in [3.63, 3.8) is 0 Å². The fourth-order valence-electron chi connectivity index (χ4n) is 4.04. The molecule has 0 unspecified atom stereocenters. The minimum Gasteiger partial charge on any atom is -0.306 e. The highest BCUT2D eigenvalue weighted by molar-refractivity contribution is 5.40. The maximum Gasteiger partial charge on any atom is 0.0649 e. The zero-order valence-electron chi connectivity index (χ0n) is 17.7. The topological polar surface area (TPSA) is 47.7 Å². The average molecular weight is 378 g/mol. The minimum absolute atomic E-state index is 0.168. The molecule has 0 spiro atoms. The van der Waals surface area contributed by atoms with Crippen LogP contribution >= 0.6 is 0 Å². The van der Waals surface area contributed by atoms with E-state index in [0.29, 0.717) is 6.04 Å². The number of rotatable bonds is 4. The molecule has 0 saturated carbocycles. The van der Waals surface area contributed by atoms with Crippen LogP contribution in [-0.4, -0.2) is 19.6 Å². The van der Waals surface area contributed by atoms with Crippen LogP contribution < -0.4 is 5.32 Å². The predicted molar refractivity (Wildman–Crippen MR) is 113 cm³/mol. The van der Waals surface area contributed by atoms with E-state index in [1.165, 1.54) is 34.5 Å². The molecule has 5 nitrogen and oxygen atoms in total. The van der Waals surface area contributed by atoms with Gasteiger partial charge in [-0.05, 0) is 49.3 Å². The van der Waals surface area contributed by atoms with E-state index < -0.39 is 0 Å². The van der Waals surface area contributed by atoms with Gasteiger partial charge in [0, 0.05) is 42.1 Å². The first-order valence-electron chi connectivity index (χ1n) is 10.2. The Morgan fingerprint density at radius 1 is 1.11 bits per heavy atom. The zero-order valence-corrected chi connectivity index (χ0v) is 17.7. The molecule has 0 radical (unpaired) electrons. The highest BCUT2D eigenvalue weighted by atomic mass is 15.3. The predicted octanol–water partition coefficient (Wildman–Crippen LogP) is 4.38. The summed E-state index contributed by atoms with van der Waals surface area (Å²) in [7, 11) is 1.99. The van der Waals surface area contributed by atoms with Crippen molar-refractivity contribution in [1.29, 1.82) is 0 Å². The molecule has 2 heterocycles. The summed E-state index contributed by atoms with van der Waals surface area (Å²) in [5, 5.41) is 12.8. The maximum atomic E-state index is 4.75. The fraction of sp³-hybridized carbons (Fsp3) is 0.478.